The average Bonchev–Trinajstić information content (AvgIpc) is 2.39. The van der Waals surface area contributed by atoms with Crippen LogP contribution >= 0.6 is 0 Å². The summed E-state index contributed by atoms with van der Waals surface area (Å²) >= 11 is 0. The first-order valence-corrected chi connectivity index (χ1v) is 6.55. The summed E-state index contributed by atoms with van der Waals surface area (Å²) in [5, 5.41) is 0. The van der Waals surface area contributed by atoms with Crippen LogP contribution in [0.25, 0.3) is 0 Å². The number of carbonyl (C=O) groups excluding carboxylic acids is 1. The zero-order valence-electron chi connectivity index (χ0n) is 12.6. The number of primary amides is 2. The van der Waals surface area contributed by atoms with Crippen molar-refractivity contribution in [1.29, 1.82) is 0 Å². The fourth-order valence-electron chi connectivity index (χ4n) is 0.843. The number of unbranched alkanes of at least 4 members (excludes halogenated alkanes) is 2. The largest absolute Gasteiger partial charge is 0.466 e. The highest BCUT2D eigenvalue weighted by molar-refractivity contribution is 5.69. The van der Waals surface area contributed by atoms with E-state index in [1.807, 2.05) is 13.0 Å². The van der Waals surface area contributed by atoms with E-state index in [1.165, 1.54) is 0 Å². The molecule has 0 radical (unpaired) electrons. The van der Waals surface area contributed by atoms with E-state index in [1.54, 1.807) is 0 Å². The lowest BCUT2D eigenvalue weighted by molar-refractivity contribution is 0.0326. The van der Waals surface area contributed by atoms with Gasteiger partial charge in [0.1, 0.15) is 0 Å². The van der Waals surface area contributed by atoms with Gasteiger partial charge in [-0.1, -0.05) is 26.7 Å². The highest BCUT2D eigenvalue weighted by atomic mass is 16.7. The first-order valence-electron chi connectivity index (χ1n) is 6.55. The van der Waals surface area contributed by atoms with E-state index in [9.17, 15) is 0 Å². The number of ether oxygens (including phenoxy) is 2. The monoisotopic (exact) mass is 274 g/mol. The zero-order chi connectivity index (χ0) is 15.5. The molecule has 0 bridgehead atoms. The van der Waals surface area contributed by atoms with Crippen molar-refractivity contribution in [1.82, 2.24) is 0 Å². The van der Waals surface area contributed by atoms with E-state index in [0.717, 1.165) is 38.9 Å². The highest BCUT2D eigenvalue weighted by Gasteiger charge is 1.96. The summed E-state index contributed by atoms with van der Waals surface area (Å²) in [4.78, 5) is 9.00. The van der Waals surface area contributed by atoms with Crippen molar-refractivity contribution in [3.8, 4) is 0 Å². The molecule has 0 saturated carbocycles. The van der Waals surface area contributed by atoms with Crippen LogP contribution in [0, 0.1) is 0 Å². The molecular formula is C14H30N2O3. The summed E-state index contributed by atoms with van der Waals surface area (Å²) in [5.74, 6) is 0.682. The van der Waals surface area contributed by atoms with E-state index >= 15 is 0 Å². The van der Waals surface area contributed by atoms with Crippen LogP contribution in [0.2, 0.25) is 0 Å². The Balaban J connectivity index is -0.000000361. The van der Waals surface area contributed by atoms with Gasteiger partial charge >= 0.3 is 6.03 Å². The summed E-state index contributed by atoms with van der Waals surface area (Å²) in [5.41, 5.74) is 8.50. The lowest BCUT2D eigenvalue weighted by atomic mass is 10.4. The molecule has 0 saturated heterocycles. The van der Waals surface area contributed by atoms with Gasteiger partial charge in [-0.25, -0.2) is 4.79 Å². The number of amides is 2. The predicted molar refractivity (Wildman–Crippen MR) is 80.5 cm³/mol. The van der Waals surface area contributed by atoms with Crippen LogP contribution in [0.3, 0.4) is 0 Å². The maximum Gasteiger partial charge on any atom is 0.309 e. The summed E-state index contributed by atoms with van der Waals surface area (Å²) < 4.78 is 10.8. The molecule has 0 aliphatic carbocycles. The Morgan fingerprint density at radius 1 is 1.05 bits per heavy atom. The van der Waals surface area contributed by atoms with Crippen molar-refractivity contribution in [3.05, 3.63) is 25.2 Å². The number of allylic oxidation sites excluding steroid dienone is 1. The van der Waals surface area contributed by atoms with Gasteiger partial charge in [0.05, 0.1) is 13.2 Å². The van der Waals surface area contributed by atoms with Crippen LogP contribution in [-0.4, -0.2) is 19.2 Å². The molecule has 2 amide bonds. The second kappa shape index (κ2) is 21.6. The van der Waals surface area contributed by atoms with Gasteiger partial charge in [0.25, 0.3) is 5.95 Å². The zero-order valence-corrected chi connectivity index (χ0v) is 12.6. The third-order valence-electron chi connectivity index (χ3n) is 1.72. The fraction of sp³-hybridized carbons (Fsp3) is 0.643. The lowest BCUT2D eigenvalue weighted by Crippen LogP contribution is -2.18. The second-order valence-electron chi connectivity index (χ2n) is 3.41. The molecule has 0 aliphatic rings. The normalized spacial score (nSPS) is 7.95. The summed E-state index contributed by atoms with van der Waals surface area (Å²) in [6, 6.07) is -0.833. The van der Waals surface area contributed by atoms with Gasteiger partial charge in [0.15, 0.2) is 0 Å². The fourth-order valence-corrected chi connectivity index (χ4v) is 0.843. The smallest absolute Gasteiger partial charge is 0.309 e. The van der Waals surface area contributed by atoms with Crippen LogP contribution in [0.4, 0.5) is 4.79 Å². The Kier molecular flexibility index (Phi) is 25.6. The standard InChI is InChI=1S/C11H22O2.C2H4.CH4N2O/c1-4-7-9-12-11(6-3)13-10-8-5-2;1-2;2-1(3)4/h6H,4-5,7-10H2,1-3H3;1-2H2;(H4,2,3,4). The number of hydrogen-bond donors (Lipinski definition) is 2. The molecule has 4 N–H and O–H groups in total. The van der Waals surface area contributed by atoms with Crippen LogP contribution in [0.15, 0.2) is 25.2 Å². The highest BCUT2D eigenvalue weighted by Crippen LogP contribution is 2.03. The van der Waals surface area contributed by atoms with Crippen LogP contribution in [0.1, 0.15) is 46.5 Å². The molecule has 0 spiro atoms. The minimum Gasteiger partial charge on any atom is -0.466 e. The topological polar surface area (TPSA) is 87.6 Å². The van der Waals surface area contributed by atoms with E-state index < -0.39 is 6.03 Å². The number of urea groups is 1. The molecule has 0 atom stereocenters. The Morgan fingerprint density at radius 3 is 1.58 bits per heavy atom. The first kappa shape index (κ1) is 22.5. The van der Waals surface area contributed by atoms with Crippen LogP contribution in [-0.2, 0) is 9.47 Å². The van der Waals surface area contributed by atoms with E-state index in [0.29, 0.717) is 5.95 Å². The Hall–Kier alpha value is -1.65. The Labute approximate surface area is 117 Å². The molecule has 0 aromatic carbocycles. The number of hydrogen-bond acceptors (Lipinski definition) is 3. The van der Waals surface area contributed by atoms with Gasteiger partial charge in [0.2, 0.25) is 0 Å². The number of rotatable bonds is 8. The molecule has 0 heterocycles. The molecular weight excluding hydrogens is 244 g/mol. The molecule has 5 heteroatoms. The van der Waals surface area contributed by atoms with Gasteiger partial charge in [0, 0.05) is 0 Å². The summed E-state index contributed by atoms with van der Waals surface area (Å²) in [6.45, 7) is 13.8. The molecule has 0 fully saturated rings. The molecule has 0 aromatic heterocycles. The van der Waals surface area contributed by atoms with E-state index in [2.05, 4.69) is 38.5 Å². The van der Waals surface area contributed by atoms with Gasteiger partial charge < -0.3 is 20.9 Å². The van der Waals surface area contributed by atoms with Crippen molar-refractivity contribution in [2.24, 2.45) is 11.5 Å². The van der Waals surface area contributed by atoms with Gasteiger partial charge in [-0.15, -0.1) is 13.2 Å². The Morgan fingerprint density at radius 2 is 1.37 bits per heavy atom. The Bertz CT molecular complexity index is 203. The third-order valence-corrected chi connectivity index (χ3v) is 1.72. The molecule has 5 nitrogen and oxygen atoms in total. The minimum absolute atomic E-state index is 0.682. The van der Waals surface area contributed by atoms with Gasteiger partial charge in [-0.2, -0.15) is 0 Å². The maximum absolute atomic E-state index is 9.00. The van der Waals surface area contributed by atoms with Crippen LogP contribution < -0.4 is 11.5 Å². The molecule has 0 aromatic rings. The van der Waals surface area contributed by atoms with Crippen molar-refractivity contribution in [2.45, 2.75) is 46.5 Å². The summed E-state index contributed by atoms with van der Waals surface area (Å²) in [7, 11) is 0. The number of carbonyl (C=O) groups is 1. The first-order chi connectivity index (χ1) is 9.08. The molecule has 0 rings (SSSR count). The van der Waals surface area contributed by atoms with E-state index in [4.69, 9.17) is 14.3 Å². The number of nitrogens with two attached hydrogens (primary N) is 2. The SMILES string of the molecule is C=C.CC=C(OCCCC)OCCCC.NC(N)=O. The average molecular weight is 274 g/mol. The summed E-state index contributed by atoms with van der Waals surface area (Å²) in [6.07, 6.45) is 6.38. The quantitative estimate of drug-likeness (QED) is 0.404. The van der Waals surface area contributed by atoms with Gasteiger partial charge in [-0.3, -0.25) is 0 Å². The molecule has 114 valence electrons. The van der Waals surface area contributed by atoms with Crippen LogP contribution in [0.5, 0.6) is 0 Å². The van der Waals surface area contributed by atoms with E-state index in [-0.39, 0.29) is 0 Å². The predicted octanol–water partition coefficient (Wildman–Crippen LogP) is 3.31. The second-order valence-corrected chi connectivity index (χ2v) is 3.41. The van der Waals surface area contributed by atoms with Crippen molar-refractivity contribution >= 4 is 6.03 Å². The molecule has 19 heavy (non-hydrogen) atoms. The van der Waals surface area contributed by atoms with Crippen molar-refractivity contribution in [2.75, 3.05) is 13.2 Å². The molecule has 0 aliphatic heterocycles. The van der Waals surface area contributed by atoms with Crippen molar-refractivity contribution in [3.63, 3.8) is 0 Å². The minimum atomic E-state index is -0.833. The molecule has 0 unspecified atom stereocenters. The third kappa shape index (κ3) is 31.4. The maximum atomic E-state index is 9.00. The van der Waals surface area contributed by atoms with Gasteiger partial charge in [-0.05, 0) is 25.8 Å². The lowest BCUT2D eigenvalue weighted by Gasteiger charge is -2.10. The van der Waals surface area contributed by atoms with Crippen molar-refractivity contribution < 1.29 is 14.3 Å².